The number of fused-ring (bicyclic) bond motifs is 3. The molecule has 3 aliphatic rings. The maximum atomic E-state index is 14.4. The first-order valence-electron chi connectivity index (χ1n) is 14.3. The average Bonchev–Trinajstić information content (AvgIpc) is 2.80. The molecule has 3 aliphatic carbocycles. The van der Waals surface area contributed by atoms with E-state index in [4.69, 9.17) is 4.74 Å². The molecule has 7 nitrogen and oxygen atoms in total. The van der Waals surface area contributed by atoms with Gasteiger partial charge in [-0.2, -0.15) is 0 Å². The first-order valence-corrected chi connectivity index (χ1v) is 14.3. The van der Waals surface area contributed by atoms with E-state index in [2.05, 4.69) is 0 Å². The second-order valence-corrected chi connectivity index (χ2v) is 13.2. The van der Waals surface area contributed by atoms with E-state index < -0.39 is 63.1 Å². The number of rotatable bonds is 7. The molecule has 39 heavy (non-hydrogen) atoms. The van der Waals surface area contributed by atoms with E-state index in [9.17, 15) is 29.1 Å². The minimum absolute atomic E-state index is 0.112. The molecule has 2 fully saturated rings. The van der Waals surface area contributed by atoms with Gasteiger partial charge in [0, 0.05) is 11.3 Å². The Kier molecular flexibility index (Phi) is 7.33. The third kappa shape index (κ3) is 3.98. The van der Waals surface area contributed by atoms with E-state index in [-0.39, 0.29) is 18.3 Å². The summed E-state index contributed by atoms with van der Waals surface area (Å²) in [4.78, 5) is 68.7. The smallest absolute Gasteiger partial charge is 0.190 e. The van der Waals surface area contributed by atoms with Crippen molar-refractivity contribution >= 4 is 28.9 Å². The molecule has 3 unspecified atom stereocenters. The summed E-state index contributed by atoms with van der Waals surface area (Å²) in [5.41, 5.74) is -2.85. The summed E-state index contributed by atoms with van der Waals surface area (Å²) in [7, 11) is 0. The van der Waals surface area contributed by atoms with Gasteiger partial charge < -0.3 is 9.84 Å². The lowest BCUT2D eigenvalue weighted by atomic mass is 9.39. The summed E-state index contributed by atoms with van der Waals surface area (Å²) >= 11 is 0. The van der Waals surface area contributed by atoms with E-state index in [1.54, 1.807) is 26.8 Å². The molecular weight excluding hydrogens is 496 g/mol. The van der Waals surface area contributed by atoms with Crippen molar-refractivity contribution in [2.45, 2.75) is 92.6 Å². The van der Waals surface area contributed by atoms with Crippen molar-refractivity contribution in [1.29, 1.82) is 0 Å². The van der Waals surface area contributed by atoms with Crippen molar-refractivity contribution in [3.8, 4) is 5.75 Å². The van der Waals surface area contributed by atoms with Gasteiger partial charge in [0.05, 0.1) is 18.1 Å². The summed E-state index contributed by atoms with van der Waals surface area (Å²) in [6.07, 6.45) is 2.21. The zero-order valence-electron chi connectivity index (χ0n) is 24.5. The summed E-state index contributed by atoms with van der Waals surface area (Å²) in [5.74, 6) is -7.39. The highest BCUT2D eigenvalue weighted by atomic mass is 16.5. The number of hydrogen-bond acceptors (Lipinski definition) is 7. The normalized spacial score (nSPS) is 34.2. The van der Waals surface area contributed by atoms with Crippen LogP contribution < -0.4 is 4.74 Å². The average molecular weight is 539 g/mol. The van der Waals surface area contributed by atoms with Crippen LogP contribution in [0.1, 0.15) is 102 Å². The molecule has 1 aromatic carbocycles. The van der Waals surface area contributed by atoms with Gasteiger partial charge in [-0.1, -0.05) is 61.0 Å². The quantitative estimate of drug-likeness (QED) is 0.396. The fraction of sp³-hybridized carbons (Fsp3) is 0.656. The minimum Gasteiger partial charge on any atom is -0.493 e. The van der Waals surface area contributed by atoms with E-state index in [0.29, 0.717) is 24.3 Å². The van der Waals surface area contributed by atoms with Crippen LogP contribution in [0.2, 0.25) is 0 Å². The summed E-state index contributed by atoms with van der Waals surface area (Å²) in [5, 5.41) is 12.2. The molecular formula is C32H42O7. The number of hydrogen-bond donors (Lipinski definition) is 1. The SMILES string of the molecule is CCCCOc1ccc(C(C)C)c2c1C(=O)C1C(=O)[C@@]3(O)C(=O)C(C(C)=O)C(=O)C(C(C)C)[C@@]3(C)C[C@@]1(C)C2. The molecule has 0 spiro atoms. The number of ether oxygens (including phenoxy) is 1. The topological polar surface area (TPSA) is 115 Å². The van der Waals surface area contributed by atoms with Crippen LogP contribution in [0.4, 0.5) is 0 Å². The number of ketones is 5. The van der Waals surface area contributed by atoms with Gasteiger partial charge >= 0.3 is 0 Å². The lowest BCUT2D eigenvalue weighted by Gasteiger charge is -2.62. The highest BCUT2D eigenvalue weighted by Crippen LogP contribution is 2.64. The van der Waals surface area contributed by atoms with Gasteiger partial charge in [-0.3, -0.25) is 24.0 Å². The predicted molar refractivity (Wildman–Crippen MR) is 146 cm³/mol. The van der Waals surface area contributed by atoms with Gasteiger partial charge in [0.2, 0.25) is 0 Å². The Balaban J connectivity index is 1.95. The minimum atomic E-state index is -2.62. The van der Waals surface area contributed by atoms with Crippen LogP contribution in [0.5, 0.6) is 5.75 Å². The predicted octanol–water partition coefficient (Wildman–Crippen LogP) is 4.69. The number of carbonyl (C=O) groups is 5. The van der Waals surface area contributed by atoms with Gasteiger partial charge in [0.15, 0.2) is 28.7 Å². The largest absolute Gasteiger partial charge is 0.493 e. The van der Waals surface area contributed by atoms with Crippen LogP contribution >= 0.6 is 0 Å². The third-order valence-electron chi connectivity index (χ3n) is 9.66. The highest BCUT2D eigenvalue weighted by molar-refractivity contribution is 6.32. The van der Waals surface area contributed by atoms with Crippen LogP contribution in [0.3, 0.4) is 0 Å². The molecule has 212 valence electrons. The van der Waals surface area contributed by atoms with E-state index >= 15 is 0 Å². The molecule has 2 saturated carbocycles. The number of aliphatic hydroxyl groups is 1. The highest BCUT2D eigenvalue weighted by Gasteiger charge is 2.76. The summed E-state index contributed by atoms with van der Waals surface area (Å²) in [6.45, 7) is 14.8. The molecule has 6 atom stereocenters. The zero-order chi connectivity index (χ0) is 29.2. The molecule has 1 aromatic rings. The van der Waals surface area contributed by atoms with Crippen LogP contribution in [-0.4, -0.2) is 46.2 Å². The maximum absolute atomic E-state index is 14.4. The van der Waals surface area contributed by atoms with E-state index in [0.717, 1.165) is 30.9 Å². The van der Waals surface area contributed by atoms with Gasteiger partial charge in [-0.25, -0.2) is 0 Å². The molecule has 0 saturated heterocycles. The standard InChI is InChI=1S/C32H42O7/c1-9-10-13-39-21-12-11-19(16(2)3)20-14-30(7)15-31(8)24(17(4)5)26(34)22(18(6)33)28(36)32(31,38)29(37)25(30)27(35)23(20)21/h11-12,16-17,22,24-25,38H,9-10,13-15H2,1-8H3/t22?,24?,25?,30-,31-,32+/m1/s1. The molecule has 0 aliphatic heterocycles. The Morgan fingerprint density at radius 3 is 2.26 bits per heavy atom. The van der Waals surface area contributed by atoms with Gasteiger partial charge in [0.25, 0.3) is 0 Å². The van der Waals surface area contributed by atoms with Gasteiger partial charge in [0.1, 0.15) is 17.5 Å². The second-order valence-electron chi connectivity index (χ2n) is 13.2. The van der Waals surface area contributed by atoms with Crippen molar-refractivity contribution in [1.82, 2.24) is 0 Å². The molecule has 7 heteroatoms. The molecule has 0 aromatic heterocycles. The van der Waals surface area contributed by atoms with Crippen molar-refractivity contribution in [3.05, 3.63) is 28.8 Å². The number of unbranched alkanes of at least 4 members (excludes halogenated alkanes) is 1. The maximum Gasteiger partial charge on any atom is 0.190 e. The number of carbonyl (C=O) groups excluding carboxylic acids is 5. The molecule has 0 radical (unpaired) electrons. The molecule has 1 N–H and O–H groups in total. The molecule has 4 rings (SSSR count). The van der Waals surface area contributed by atoms with Crippen molar-refractivity contribution in [2.24, 2.45) is 34.5 Å². The fourth-order valence-corrected chi connectivity index (χ4v) is 8.13. The summed E-state index contributed by atoms with van der Waals surface area (Å²) in [6, 6.07) is 3.76. The van der Waals surface area contributed by atoms with Crippen LogP contribution in [0.15, 0.2) is 12.1 Å². The second kappa shape index (κ2) is 9.76. The number of Topliss-reactive ketones (excluding diaryl/α,β-unsaturated/α-hetero) is 5. The Hall–Kier alpha value is -2.67. The summed E-state index contributed by atoms with van der Waals surface area (Å²) < 4.78 is 6.03. The Morgan fingerprint density at radius 1 is 1.08 bits per heavy atom. The first kappa shape index (κ1) is 29.3. The lowest BCUT2D eigenvalue weighted by molar-refractivity contribution is -0.205. The Bertz CT molecular complexity index is 1260. The molecule has 0 bridgehead atoms. The first-order chi connectivity index (χ1) is 18.1. The van der Waals surface area contributed by atoms with Crippen molar-refractivity contribution < 1.29 is 33.8 Å². The van der Waals surface area contributed by atoms with Crippen LogP contribution in [-0.2, 0) is 25.6 Å². The van der Waals surface area contributed by atoms with Gasteiger partial charge in [-0.05, 0) is 60.6 Å². The fourth-order valence-electron chi connectivity index (χ4n) is 8.13. The van der Waals surface area contributed by atoms with E-state index in [1.165, 1.54) is 0 Å². The lowest BCUT2D eigenvalue weighted by Crippen LogP contribution is -2.76. The Labute approximate surface area is 231 Å². The molecule has 0 heterocycles. The van der Waals surface area contributed by atoms with Crippen LogP contribution in [0, 0.1) is 34.5 Å². The monoisotopic (exact) mass is 538 g/mol. The Morgan fingerprint density at radius 2 is 1.72 bits per heavy atom. The zero-order valence-corrected chi connectivity index (χ0v) is 24.5. The van der Waals surface area contributed by atoms with E-state index in [1.807, 2.05) is 33.8 Å². The van der Waals surface area contributed by atoms with Crippen molar-refractivity contribution in [2.75, 3.05) is 6.61 Å². The molecule has 0 amide bonds. The number of benzene rings is 1. The van der Waals surface area contributed by atoms with Gasteiger partial charge in [-0.15, -0.1) is 0 Å². The van der Waals surface area contributed by atoms with Crippen LogP contribution in [0.25, 0.3) is 0 Å². The third-order valence-corrected chi connectivity index (χ3v) is 9.66. The van der Waals surface area contributed by atoms with Crippen molar-refractivity contribution in [3.63, 3.8) is 0 Å².